The number of para-hydroxylation sites is 1. The van der Waals surface area contributed by atoms with Crippen molar-refractivity contribution in [3.63, 3.8) is 0 Å². The lowest BCUT2D eigenvalue weighted by atomic mass is 9.94. The molecule has 1 aliphatic rings. The molecule has 1 saturated heterocycles. The van der Waals surface area contributed by atoms with Crippen molar-refractivity contribution in [2.75, 3.05) is 50.8 Å². The number of hydrogen-bond donors (Lipinski definition) is 2. The maximum Gasteiger partial charge on any atom is 0.194 e. The van der Waals surface area contributed by atoms with Crippen LogP contribution in [-0.4, -0.2) is 61.8 Å². The van der Waals surface area contributed by atoms with E-state index in [0.29, 0.717) is 11.8 Å². The summed E-state index contributed by atoms with van der Waals surface area (Å²) in [5.74, 6) is 2.12. The van der Waals surface area contributed by atoms with Crippen LogP contribution < -0.4 is 10.2 Å². The van der Waals surface area contributed by atoms with Gasteiger partial charge in [0.1, 0.15) is 0 Å². The molecule has 1 heterocycles. The molecule has 0 spiro atoms. The number of nitrogens with zero attached hydrogens (tertiary/aromatic N) is 3. The maximum absolute atomic E-state index is 9.32. The minimum Gasteiger partial charge on any atom is -0.396 e. The summed E-state index contributed by atoms with van der Waals surface area (Å²) in [5, 5.41) is 12.8. The van der Waals surface area contributed by atoms with Gasteiger partial charge in [0.2, 0.25) is 0 Å². The predicted octanol–water partition coefficient (Wildman–Crippen LogP) is 3.44. The molecule has 1 aliphatic heterocycles. The van der Waals surface area contributed by atoms with Gasteiger partial charge in [0.05, 0.1) is 0 Å². The Hall–Kier alpha value is -1.02. The van der Waals surface area contributed by atoms with E-state index in [-0.39, 0.29) is 30.6 Å². The van der Waals surface area contributed by atoms with Gasteiger partial charge in [-0.25, -0.2) is 0 Å². The van der Waals surface area contributed by atoms with Crippen LogP contribution in [0, 0.1) is 11.8 Å². The molecular formula is C21H37IN4O. The zero-order valence-corrected chi connectivity index (χ0v) is 19.4. The van der Waals surface area contributed by atoms with Gasteiger partial charge in [-0.2, -0.15) is 0 Å². The lowest BCUT2D eigenvalue weighted by molar-refractivity contribution is 0.245. The normalized spacial score (nSPS) is 16.3. The van der Waals surface area contributed by atoms with Crippen molar-refractivity contribution in [1.29, 1.82) is 0 Å². The average molecular weight is 488 g/mol. The van der Waals surface area contributed by atoms with Crippen LogP contribution in [0.25, 0.3) is 0 Å². The molecule has 0 radical (unpaired) electrons. The Morgan fingerprint density at radius 2 is 1.81 bits per heavy atom. The number of benzene rings is 1. The van der Waals surface area contributed by atoms with E-state index in [9.17, 15) is 5.11 Å². The molecule has 1 aromatic carbocycles. The zero-order valence-electron chi connectivity index (χ0n) is 17.1. The van der Waals surface area contributed by atoms with Crippen molar-refractivity contribution in [1.82, 2.24) is 10.2 Å². The number of nitrogens with one attached hydrogen (secondary N) is 1. The standard InChI is InChI=1S/C21H36N4O.HI/c1-4-22-21(23-17-19(10-15-26)16-18(2)3)25-13-11-24(12-14-25)20-8-6-5-7-9-20;/h5-9,18-19,26H,4,10-17H2,1-3H3,(H,22,23);1H. The number of piperazine rings is 1. The molecule has 2 rings (SSSR count). The summed E-state index contributed by atoms with van der Waals surface area (Å²) in [7, 11) is 0. The number of aliphatic hydroxyl groups excluding tert-OH is 1. The highest BCUT2D eigenvalue weighted by Crippen LogP contribution is 2.17. The number of aliphatic hydroxyl groups is 1. The Morgan fingerprint density at radius 1 is 1.15 bits per heavy atom. The lowest BCUT2D eigenvalue weighted by Gasteiger charge is -2.37. The number of hydrogen-bond acceptors (Lipinski definition) is 3. The Balaban J connectivity index is 0.00000364. The molecule has 0 bridgehead atoms. The Labute approximate surface area is 182 Å². The van der Waals surface area contributed by atoms with Gasteiger partial charge in [0, 0.05) is 51.6 Å². The monoisotopic (exact) mass is 488 g/mol. The summed E-state index contributed by atoms with van der Waals surface area (Å²) in [6.45, 7) is 12.5. The first kappa shape index (κ1) is 24.0. The van der Waals surface area contributed by atoms with Gasteiger partial charge in [0.25, 0.3) is 0 Å². The first-order valence-electron chi connectivity index (χ1n) is 10.1. The van der Waals surface area contributed by atoms with Crippen LogP contribution in [-0.2, 0) is 0 Å². The molecule has 0 amide bonds. The van der Waals surface area contributed by atoms with Gasteiger partial charge < -0.3 is 20.2 Å². The fourth-order valence-electron chi connectivity index (χ4n) is 3.59. The molecule has 1 unspecified atom stereocenters. The fourth-order valence-corrected chi connectivity index (χ4v) is 3.59. The van der Waals surface area contributed by atoms with Crippen molar-refractivity contribution < 1.29 is 5.11 Å². The summed E-state index contributed by atoms with van der Waals surface area (Å²) < 4.78 is 0. The molecular weight excluding hydrogens is 451 g/mol. The Morgan fingerprint density at radius 3 is 2.37 bits per heavy atom. The first-order chi connectivity index (χ1) is 12.6. The molecule has 0 aliphatic carbocycles. The third-order valence-corrected chi connectivity index (χ3v) is 4.88. The van der Waals surface area contributed by atoms with Gasteiger partial charge in [-0.3, -0.25) is 4.99 Å². The van der Waals surface area contributed by atoms with Gasteiger partial charge in [-0.15, -0.1) is 24.0 Å². The number of halogens is 1. The van der Waals surface area contributed by atoms with Crippen LogP contribution in [0.2, 0.25) is 0 Å². The van der Waals surface area contributed by atoms with Crippen LogP contribution in [0.15, 0.2) is 35.3 Å². The molecule has 0 aromatic heterocycles. The smallest absolute Gasteiger partial charge is 0.194 e. The molecule has 27 heavy (non-hydrogen) atoms. The second-order valence-corrected chi connectivity index (χ2v) is 7.51. The summed E-state index contributed by atoms with van der Waals surface area (Å²) in [5.41, 5.74) is 1.30. The van der Waals surface area contributed by atoms with E-state index in [1.807, 2.05) is 0 Å². The molecule has 1 fully saturated rings. The SMILES string of the molecule is CCNC(=NCC(CCO)CC(C)C)N1CCN(c2ccccc2)CC1.I. The van der Waals surface area contributed by atoms with E-state index in [1.54, 1.807) is 0 Å². The minimum absolute atomic E-state index is 0. The van der Waals surface area contributed by atoms with Crippen LogP contribution in [0.5, 0.6) is 0 Å². The summed E-state index contributed by atoms with van der Waals surface area (Å²) in [4.78, 5) is 9.72. The number of aliphatic imine (C=N–C) groups is 1. The summed E-state index contributed by atoms with van der Waals surface area (Å²) >= 11 is 0. The van der Waals surface area contributed by atoms with E-state index in [2.05, 4.69) is 66.2 Å². The molecule has 0 saturated carbocycles. The van der Waals surface area contributed by atoms with Crippen molar-refractivity contribution >= 4 is 35.6 Å². The van der Waals surface area contributed by atoms with Crippen molar-refractivity contribution in [3.8, 4) is 0 Å². The fraction of sp³-hybridized carbons (Fsp3) is 0.667. The second-order valence-electron chi connectivity index (χ2n) is 7.51. The molecule has 154 valence electrons. The lowest BCUT2D eigenvalue weighted by Crippen LogP contribution is -2.52. The van der Waals surface area contributed by atoms with Crippen LogP contribution in [0.3, 0.4) is 0 Å². The van der Waals surface area contributed by atoms with Crippen LogP contribution in [0.4, 0.5) is 5.69 Å². The van der Waals surface area contributed by atoms with E-state index < -0.39 is 0 Å². The highest BCUT2D eigenvalue weighted by atomic mass is 127. The summed E-state index contributed by atoms with van der Waals surface area (Å²) in [6.07, 6.45) is 1.95. The molecule has 5 nitrogen and oxygen atoms in total. The van der Waals surface area contributed by atoms with Crippen molar-refractivity contribution in [2.45, 2.75) is 33.6 Å². The Kier molecular flexibility index (Phi) is 11.7. The molecule has 1 atom stereocenters. The highest BCUT2D eigenvalue weighted by Gasteiger charge is 2.20. The van der Waals surface area contributed by atoms with E-state index in [0.717, 1.165) is 58.1 Å². The Bertz CT molecular complexity index is 530. The molecule has 6 heteroatoms. The van der Waals surface area contributed by atoms with Crippen molar-refractivity contribution in [2.24, 2.45) is 16.8 Å². The topological polar surface area (TPSA) is 51.1 Å². The summed E-state index contributed by atoms with van der Waals surface area (Å²) in [6, 6.07) is 10.6. The first-order valence-corrected chi connectivity index (χ1v) is 10.1. The molecule has 2 N–H and O–H groups in total. The van der Waals surface area contributed by atoms with E-state index in [1.165, 1.54) is 5.69 Å². The van der Waals surface area contributed by atoms with Crippen LogP contribution in [0.1, 0.15) is 33.6 Å². The average Bonchev–Trinajstić information content (AvgIpc) is 2.65. The van der Waals surface area contributed by atoms with Gasteiger partial charge in [-0.05, 0) is 43.7 Å². The number of anilines is 1. The zero-order chi connectivity index (χ0) is 18.8. The van der Waals surface area contributed by atoms with Gasteiger partial charge in [0.15, 0.2) is 5.96 Å². The van der Waals surface area contributed by atoms with Gasteiger partial charge in [-0.1, -0.05) is 32.0 Å². The van der Waals surface area contributed by atoms with Gasteiger partial charge >= 0.3 is 0 Å². The minimum atomic E-state index is 0. The molecule has 1 aromatic rings. The van der Waals surface area contributed by atoms with Crippen LogP contribution >= 0.6 is 24.0 Å². The number of rotatable bonds is 8. The third-order valence-electron chi connectivity index (χ3n) is 4.88. The predicted molar refractivity (Wildman–Crippen MR) is 126 cm³/mol. The second kappa shape index (κ2) is 13.2. The maximum atomic E-state index is 9.32. The van der Waals surface area contributed by atoms with E-state index in [4.69, 9.17) is 4.99 Å². The highest BCUT2D eigenvalue weighted by molar-refractivity contribution is 14.0. The third kappa shape index (κ3) is 8.25. The van der Waals surface area contributed by atoms with E-state index >= 15 is 0 Å². The largest absolute Gasteiger partial charge is 0.396 e. The number of guanidine groups is 1. The van der Waals surface area contributed by atoms with Crippen molar-refractivity contribution in [3.05, 3.63) is 30.3 Å². The quantitative estimate of drug-likeness (QED) is 0.335.